The normalized spacial score (nSPS) is 22.1. The first kappa shape index (κ1) is 17.3. The van der Waals surface area contributed by atoms with E-state index in [9.17, 15) is 8.42 Å². The number of halogens is 1. The fourth-order valence-corrected chi connectivity index (χ4v) is 4.83. The number of hydrogen-bond donors (Lipinski definition) is 1. The quantitative estimate of drug-likeness (QED) is 0.867. The Bertz CT molecular complexity index is 824. The average Bonchev–Trinajstić information content (AvgIpc) is 3.14. The van der Waals surface area contributed by atoms with Gasteiger partial charge in [0.15, 0.2) is 5.82 Å². The highest BCUT2D eigenvalue weighted by atomic mass is 35.5. The fourth-order valence-electron chi connectivity index (χ4n) is 3.01. The van der Waals surface area contributed by atoms with Crippen LogP contribution in [0.5, 0.6) is 0 Å². The lowest BCUT2D eigenvalue weighted by Gasteiger charge is -2.16. The summed E-state index contributed by atoms with van der Waals surface area (Å²) in [5, 5.41) is 7.41. The van der Waals surface area contributed by atoms with Crippen molar-refractivity contribution in [3.63, 3.8) is 0 Å². The summed E-state index contributed by atoms with van der Waals surface area (Å²) in [6.45, 7) is 2.94. The lowest BCUT2D eigenvalue weighted by Crippen LogP contribution is -2.29. The van der Waals surface area contributed by atoms with Crippen molar-refractivity contribution >= 4 is 21.6 Å². The van der Waals surface area contributed by atoms with Gasteiger partial charge >= 0.3 is 0 Å². The maximum atomic E-state index is 12.9. The second kappa shape index (κ2) is 6.79. The third-order valence-electron chi connectivity index (χ3n) is 4.17. The Morgan fingerprint density at radius 3 is 2.83 bits per heavy atom. The molecule has 1 N–H and O–H groups in total. The van der Waals surface area contributed by atoms with Crippen LogP contribution < -0.4 is 0 Å². The maximum absolute atomic E-state index is 12.9. The van der Waals surface area contributed by atoms with Crippen LogP contribution in [0.1, 0.15) is 17.6 Å². The number of nitrogens with one attached hydrogen (secondary N) is 1. The van der Waals surface area contributed by atoms with Crippen molar-refractivity contribution in [2.24, 2.45) is 5.92 Å². The Morgan fingerprint density at radius 2 is 2.21 bits per heavy atom. The molecule has 9 heteroatoms. The van der Waals surface area contributed by atoms with Crippen molar-refractivity contribution in [2.45, 2.75) is 17.7 Å². The minimum absolute atomic E-state index is 0.000779. The Kier molecular flexibility index (Phi) is 4.91. The molecule has 24 heavy (non-hydrogen) atoms. The average molecular weight is 371 g/mol. The summed E-state index contributed by atoms with van der Waals surface area (Å²) in [5.74, 6) is 1.22. The molecule has 0 amide bonds. The minimum Gasteiger partial charge on any atom is -0.384 e. The molecule has 0 aliphatic carbocycles. The first-order chi connectivity index (χ1) is 11.4. The van der Waals surface area contributed by atoms with Crippen LogP contribution in [0.15, 0.2) is 29.2 Å². The third-order valence-corrected chi connectivity index (χ3v) is 6.23. The number of sulfonamides is 1. The van der Waals surface area contributed by atoms with Crippen LogP contribution >= 0.6 is 11.6 Å². The molecular formula is C15H19ClN4O3S. The van der Waals surface area contributed by atoms with E-state index in [-0.39, 0.29) is 16.7 Å². The Hall–Kier alpha value is -1.48. The lowest BCUT2D eigenvalue weighted by atomic mass is 9.96. The van der Waals surface area contributed by atoms with E-state index in [4.69, 9.17) is 16.3 Å². The number of ether oxygens (including phenoxy) is 1. The van der Waals surface area contributed by atoms with E-state index in [0.29, 0.717) is 36.4 Å². The second-order valence-electron chi connectivity index (χ2n) is 5.88. The summed E-state index contributed by atoms with van der Waals surface area (Å²) < 4.78 is 32.5. The molecule has 0 radical (unpaired) electrons. The largest absolute Gasteiger partial charge is 0.384 e. The number of aromatic nitrogens is 3. The van der Waals surface area contributed by atoms with E-state index in [1.54, 1.807) is 25.3 Å². The number of benzene rings is 1. The third kappa shape index (κ3) is 3.32. The highest BCUT2D eigenvalue weighted by molar-refractivity contribution is 7.89. The van der Waals surface area contributed by atoms with E-state index < -0.39 is 10.0 Å². The van der Waals surface area contributed by atoms with Gasteiger partial charge in [0.25, 0.3) is 0 Å². The number of hydrogen-bond acceptors (Lipinski definition) is 5. The van der Waals surface area contributed by atoms with Gasteiger partial charge in [0, 0.05) is 37.1 Å². The molecule has 3 rings (SSSR count). The fraction of sp³-hybridized carbons (Fsp3) is 0.467. The van der Waals surface area contributed by atoms with E-state index >= 15 is 0 Å². The molecule has 1 aromatic carbocycles. The van der Waals surface area contributed by atoms with Crippen LogP contribution in [0.4, 0.5) is 0 Å². The predicted molar refractivity (Wildman–Crippen MR) is 89.4 cm³/mol. The molecule has 1 fully saturated rings. The van der Waals surface area contributed by atoms with Crippen molar-refractivity contribution in [1.29, 1.82) is 0 Å². The summed E-state index contributed by atoms with van der Waals surface area (Å²) in [5.41, 5.74) is 0. The molecule has 2 heterocycles. The van der Waals surface area contributed by atoms with Gasteiger partial charge in [-0.25, -0.2) is 13.4 Å². The minimum atomic E-state index is -3.62. The Labute approximate surface area is 146 Å². The highest BCUT2D eigenvalue weighted by Gasteiger charge is 2.41. The summed E-state index contributed by atoms with van der Waals surface area (Å²) in [7, 11) is -2.01. The zero-order chi connectivity index (χ0) is 17.3. The summed E-state index contributed by atoms with van der Waals surface area (Å²) >= 11 is 5.94. The summed E-state index contributed by atoms with van der Waals surface area (Å²) in [6.07, 6.45) is 0. The smallest absolute Gasteiger partial charge is 0.243 e. The van der Waals surface area contributed by atoms with Crippen LogP contribution in [-0.2, 0) is 14.8 Å². The highest BCUT2D eigenvalue weighted by Crippen LogP contribution is 2.34. The van der Waals surface area contributed by atoms with Crippen molar-refractivity contribution in [1.82, 2.24) is 19.5 Å². The molecule has 1 aliphatic rings. The van der Waals surface area contributed by atoms with Crippen LogP contribution in [0.3, 0.4) is 0 Å². The zero-order valence-corrected chi connectivity index (χ0v) is 15.0. The van der Waals surface area contributed by atoms with E-state index in [0.717, 1.165) is 0 Å². The van der Waals surface area contributed by atoms with Crippen molar-refractivity contribution in [3.05, 3.63) is 40.9 Å². The van der Waals surface area contributed by atoms with Gasteiger partial charge in [0.05, 0.1) is 11.5 Å². The van der Waals surface area contributed by atoms with Gasteiger partial charge in [-0.3, -0.25) is 5.10 Å². The van der Waals surface area contributed by atoms with Gasteiger partial charge < -0.3 is 4.74 Å². The molecule has 2 atom stereocenters. The number of rotatable bonds is 5. The molecule has 1 saturated heterocycles. The van der Waals surface area contributed by atoms with E-state index in [2.05, 4.69) is 15.2 Å². The molecule has 2 aromatic rings. The first-order valence-electron chi connectivity index (χ1n) is 7.55. The van der Waals surface area contributed by atoms with E-state index in [1.807, 2.05) is 6.92 Å². The van der Waals surface area contributed by atoms with Gasteiger partial charge in [0.2, 0.25) is 10.0 Å². The molecular weight excluding hydrogens is 352 g/mol. The number of aryl methyl sites for hydroxylation is 1. The SMILES string of the molecule is COCC1CN(S(=O)(=O)c2cccc(Cl)c2)CC1c1n[nH]c(C)n1. The van der Waals surface area contributed by atoms with Gasteiger partial charge in [-0.2, -0.15) is 9.40 Å². The van der Waals surface area contributed by atoms with E-state index in [1.165, 1.54) is 10.4 Å². The number of H-pyrrole nitrogens is 1. The zero-order valence-electron chi connectivity index (χ0n) is 13.4. The monoisotopic (exact) mass is 370 g/mol. The summed E-state index contributed by atoms with van der Waals surface area (Å²) in [4.78, 5) is 4.56. The van der Waals surface area contributed by atoms with Crippen molar-refractivity contribution < 1.29 is 13.2 Å². The molecule has 1 aromatic heterocycles. The standard InChI is InChI=1S/C15H19ClN4O3S/c1-10-17-15(19-18-10)14-8-20(7-11(14)9-23-2)24(21,22)13-5-3-4-12(16)6-13/h3-6,11,14H,7-9H2,1-2H3,(H,17,18,19). The van der Waals surface area contributed by atoms with Crippen LogP contribution in [0, 0.1) is 12.8 Å². The van der Waals surface area contributed by atoms with Crippen molar-refractivity contribution in [2.75, 3.05) is 26.8 Å². The molecule has 130 valence electrons. The van der Waals surface area contributed by atoms with Gasteiger partial charge in [-0.15, -0.1) is 0 Å². The van der Waals surface area contributed by atoms with Gasteiger partial charge in [-0.05, 0) is 25.1 Å². The number of methoxy groups -OCH3 is 1. The first-order valence-corrected chi connectivity index (χ1v) is 9.37. The Balaban J connectivity index is 1.89. The number of aromatic amines is 1. The van der Waals surface area contributed by atoms with Crippen molar-refractivity contribution in [3.8, 4) is 0 Å². The Morgan fingerprint density at radius 1 is 1.42 bits per heavy atom. The molecule has 0 spiro atoms. The molecule has 7 nitrogen and oxygen atoms in total. The molecule has 1 aliphatic heterocycles. The maximum Gasteiger partial charge on any atom is 0.243 e. The topological polar surface area (TPSA) is 88.2 Å². The second-order valence-corrected chi connectivity index (χ2v) is 8.25. The van der Waals surface area contributed by atoms with Crippen LogP contribution in [0.25, 0.3) is 0 Å². The predicted octanol–water partition coefficient (Wildman–Crippen LogP) is 1.82. The lowest BCUT2D eigenvalue weighted by molar-refractivity contribution is 0.150. The van der Waals surface area contributed by atoms with Crippen LogP contribution in [-0.4, -0.2) is 54.7 Å². The molecule has 0 saturated carbocycles. The van der Waals surface area contributed by atoms with Gasteiger partial charge in [-0.1, -0.05) is 17.7 Å². The number of nitrogens with zero attached hydrogens (tertiary/aromatic N) is 3. The molecule has 2 unspecified atom stereocenters. The summed E-state index contributed by atoms with van der Waals surface area (Å²) in [6, 6.07) is 6.30. The van der Waals surface area contributed by atoms with Gasteiger partial charge in [0.1, 0.15) is 5.82 Å². The molecule has 0 bridgehead atoms. The van der Waals surface area contributed by atoms with Crippen LogP contribution in [0.2, 0.25) is 5.02 Å².